The Morgan fingerprint density at radius 2 is 2.32 bits per heavy atom. The largest absolute Gasteiger partial charge is 0.465 e. The molecule has 1 aliphatic rings. The van der Waals surface area contributed by atoms with Crippen molar-refractivity contribution in [2.75, 3.05) is 6.61 Å². The highest BCUT2D eigenvalue weighted by Crippen LogP contribution is 2.34. The summed E-state index contributed by atoms with van der Waals surface area (Å²) in [7, 11) is 0. The highest BCUT2D eigenvalue weighted by molar-refractivity contribution is 5.76. The monoisotopic (exact) mass is 266 g/mol. The summed E-state index contributed by atoms with van der Waals surface area (Å²) in [6.07, 6.45) is 4.70. The number of carbonyl (C=O) groups is 1. The minimum atomic E-state index is -0.484. The second kappa shape index (κ2) is 6.17. The van der Waals surface area contributed by atoms with Gasteiger partial charge in [0.2, 0.25) is 5.89 Å². The first kappa shape index (κ1) is 14.0. The van der Waals surface area contributed by atoms with Gasteiger partial charge in [0, 0.05) is 5.92 Å². The van der Waals surface area contributed by atoms with Crippen molar-refractivity contribution in [2.45, 2.75) is 58.3 Å². The van der Waals surface area contributed by atoms with Crippen LogP contribution >= 0.6 is 0 Å². The first-order valence-corrected chi connectivity index (χ1v) is 7.12. The Labute approximate surface area is 113 Å². The van der Waals surface area contributed by atoms with Gasteiger partial charge in [-0.05, 0) is 32.6 Å². The molecule has 3 atom stereocenters. The molecule has 5 nitrogen and oxygen atoms in total. The minimum absolute atomic E-state index is 0.310. The lowest BCUT2D eigenvalue weighted by Gasteiger charge is -2.23. The van der Waals surface area contributed by atoms with E-state index in [-0.39, 0.29) is 5.97 Å². The molecular formula is C14H22N2O3. The van der Waals surface area contributed by atoms with Crippen molar-refractivity contribution in [3.8, 4) is 0 Å². The van der Waals surface area contributed by atoms with E-state index in [1.165, 1.54) is 12.8 Å². The molecule has 0 aliphatic heterocycles. The first-order chi connectivity index (χ1) is 9.11. The highest BCUT2D eigenvalue weighted by atomic mass is 16.5. The molecule has 1 heterocycles. The summed E-state index contributed by atoms with van der Waals surface area (Å²) in [6, 6.07) is 0. The molecule has 1 aromatic rings. The van der Waals surface area contributed by atoms with Crippen molar-refractivity contribution in [3.63, 3.8) is 0 Å². The van der Waals surface area contributed by atoms with E-state index in [0.717, 1.165) is 18.7 Å². The van der Waals surface area contributed by atoms with E-state index in [9.17, 15) is 4.79 Å². The molecule has 0 aromatic carbocycles. The van der Waals surface area contributed by atoms with Gasteiger partial charge < -0.3 is 9.26 Å². The third kappa shape index (κ3) is 3.33. The number of esters is 1. The number of nitrogens with zero attached hydrogens (tertiary/aromatic N) is 2. The number of carbonyl (C=O) groups excluding carboxylic acids is 1. The SMILES string of the molecule is CCOC(=O)C(C)c1nc(C2CCCC(C)C2)no1. The zero-order valence-electron chi connectivity index (χ0n) is 11.9. The van der Waals surface area contributed by atoms with E-state index in [1.807, 2.05) is 0 Å². The molecule has 19 heavy (non-hydrogen) atoms. The number of hydrogen-bond donors (Lipinski definition) is 0. The standard InChI is InChI=1S/C14H22N2O3/c1-4-18-14(17)10(3)13-15-12(16-19-13)11-7-5-6-9(2)8-11/h9-11H,4-8H2,1-3H3. The third-order valence-electron chi connectivity index (χ3n) is 3.77. The predicted octanol–water partition coefficient (Wildman–Crippen LogP) is 3.03. The molecule has 0 radical (unpaired) electrons. The van der Waals surface area contributed by atoms with Gasteiger partial charge in [0.25, 0.3) is 0 Å². The molecule has 0 saturated heterocycles. The quantitative estimate of drug-likeness (QED) is 0.784. The van der Waals surface area contributed by atoms with Crippen molar-refractivity contribution < 1.29 is 14.1 Å². The Morgan fingerprint density at radius 1 is 1.53 bits per heavy atom. The van der Waals surface area contributed by atoms with Crippen LogP contribution in [0.4, 0.5) is 0 Å². The molecule has 0 bridgehead atoms. The van der Waals surface area contributed by atoms with Gasteiger partial charge in [-0.1, -0.05) is 24.9 Å². The highest BCUT2D eigenvalue weighted by Gasteiger charge is 2.28. The number of rotatable bonds is 4. The predicted molar refractivity (Wildman–Crippen MR) is 69.7 cm³/mol. The summed E-state index contributed by atoms with van der Waals surface area (Å²) >= 11 is 0. The normalized spacial score (nSPS) is 25.0. The first-order valence-electron chi connectivity index (χ1n) is 7.12. The van der Waals surface area contributed by atoms with Crippen molar-refractivity contribution >= 4 is 5.97 Å². The van der Waals surface area contributed by atoms with Crippen LogP contribution in [0.3, 0.4) is 0 Å². The van der Waals surface area contributed by atoms with Crippen molar-refractivity contribution in [2.24, 2.45) is 5.92 Å². The van der Waals surface area contributed by atoms with Crippen molar-refractivity contribution in [3.05, 3.63) is 11.7 Å². The van der Waals surface area contributed by atoms with Crippen LogP contribution in [-0.2, 0) is 9.53 Å². The molecule has 1 fully saturated rings. The Balaban J connectivity index is 2.04. The van der Waals surface area contributed by atoms with E-state index in [4.69, 9.17) is 9.26 Å². The molecule has 0 spiro atoms. The number of ether oxygens (including phenoxy) is 1. The summed E-state index contributed by atoms with van der Waals surface area (Å²) in [5.74, 6) is 1.40. The Kier molecular flexibility index (Phi) is 4.56. The summed E-state index contributed by atoms with van der Waals surface area (Å²) in [5, 5.41) is 4.04. The van der Waals surface area contributed by atoms with E-state index >= 15 is 0 Å². The smallest absolute Gasteiger partial charge is 0.318 e. The Hall–Kier alpha value is -1.39. The zero-order chi connectivity index (χ0) is 13.8. The summed E-state index contributed by atoms with van der Waals surface area (Å²) in [5.41, 5.74) is 0. The fourth-order valence-corrected chi connectivity index (χ4v) is 2.63. The van der Waals surface area contributed by atoms with Gasteiger partial charge in [-0.25, -0.2) is 0 Å². The maximum Gasteiger partial charge on any atom is 0.318 e. The maximum absolute atomic E-state index is 11.6. The van der Waals surface area contributed by atoms with Crippen molar-refractivity contribution in [1.29, 1.82) is 0 Å². The molecule has 106 valence electrons. The van der Waals surface area contributed by atoms with Gasteiger partial charge in [0.05, 0.1) is 6.61 Å². The molecule has 1 aliphatic carbocycles. The van der Waals surface area contributed by atoms with E-state index in [0.29, 0.717) is 24.3 Å². The fraction of sp³-hybridized carbons (Fsp3) is 0.786. The Bertz CT molecular complexity index is 430. The van der Waals surface area contributed by atoms with Crippen LogP contribution in [0.15, 0.2) is 4.52 Å². The lowest BCUT2D eigenvalue weighted by molar-refractivity contribution is -0.145. The molecule has 2 rings (SSSR count). The van der Waals surface area contributed by atoms with Gasteiger partial charge in [-0.3, -0.25) is 4.79 Å². The van der Waals surface area contributed by atoms with Gasteiger partial charge in [0.15, 0.2) is 5.82 Å². The van der Waals surface area contributed by atoms with Crippen LogP contribution in [0.1, 0.15) is 70.0 Å². The Morgan fingerprint density at radius 3 is 3.00 bits per heavy atom. The van der Waals surface area contributed by atoms with Crippen LogP contribution in [0.2, 0.25) is 0 Å². The van der Waals surface area contributed by atoms with Crippen LogP contribution in [0, 0.1) is 5.92 Å². The lowest BCUT2D eigenvalue weighted by Crippen LogP contribution is -2.15. The average Bonchev–Trinajstić information content (AvgIpc) is 2.87. The van der Waals surface area contributed by atoms with Gasteiger partial charge in [-0.15, -0.1) is 0 Å². The number of hydrogen-bond acceptors (Lipinski definition) is 5. The second-order valence-electron chi connectivity index (χ2n) is 5.43. The van der Waals surface area contributed by atoms with Gasteiger partial charge >= 0.3 is 5.97 Å². The second-order valence-corrected chi connectivity index (χ2v) is 5.43. The molecule has 5 heteroatoms. The lowest BCUT2D eigenvalue weighted by atomic mass is 9.82. The van der Waals surface area contributed by atoms with Crippen LogP contribution in [0.5, 0.6) is 0 Å². The van der Waals surface area contributed by atoms with Crippen LogP contribution < -0.4 is 0 Å². The molecular weight excluding hydrogens is 244 g/mol. The summed E-state index contributed by atoms with van der Waals surface area (Å²) in [4.78, 5) is 16.0. The van der Waals surface area contributed by atoms with Crippen LogP contribution in [-0.4, -0.2) is 22.7 Å². The van der Waals surface area contributed by atoms with Crippen molar-refractivity contribution in [1.82, 2.24) is 10.1 Å². The molecule has 1 saturated carbocycles. The van der Waals surface area contributed by atoms with E-state index in [1.54, 1.807) is 13.8 Å². The maximum atomic E-state index is 11.6. The molecule has 0 N–H and O–H groups in total. The molecule has 1 aromatic heterocycles. The van der Waals surface area contributed by atoms with Crippen LogP contribution in [0.25, 0.3) is 0 Å². The van der Waals surface area contributed by atoms with Gasteiger partial charge in [-0.2, -0.15) is 4.98 Å². The fourth-order valence-electron chi connectivity index (χ4n) is 2.63. The van der Waals surface area contributed by atoms with E-state index in [2.05, 4.69) is 17.1 Å². The third-order valence-corrected chi connectivity index (χ3v) is 3.77. The topological polar surface area (TPSA) is 65.2 Å². The zero-order valence-corrected chi connectivity index (χ0v) is 11.9. The van der Waals surface area contributed by atoms with Gasteiger partial charge in [0.1, 0.15) is 5.92 Å². The average molecular weight is 266 g/mol. The minimum Gasteiger partial charge on any atom is -0.465 e. The molecule has 3 unspecified atom stereocenters. The molecule has 0 amide bonds. The number of aromatic nitrogens is 2. The van der Waals surface area contributed by atoms with E-state index < -0.39 is 5.92 Å². The summed E-state index contributed by atoms with van der Waals surface area (Å²) in [6.45, 7) is 6.14. The summed E-state index contributed by atoms with van der Waals surface area (Å²) < 4.78 is 10.2.